The summed E-state index contributed by atoms with van der Waals surface area (Å²) in [5.41, 5.74) is 0.844. The van der Waals surface area contributed by atoms with E-state index in [2.05, 4.69) is 10.3 Å². The number of fused-ring (bicyclic) bond motifs is 1. The monoisotopic (exact) mass is 271 g/mol. The van der Waals surface area contributed by atoms with Gasteiger partial charge in [-0.15, -0.1) is 0 Å². The standard InChI is InChI=1S/C14H13N3O3/c18-12-8-17(6-5-15-12)13-10(14(19)20)7-9-3-1-2-4-11(9)16-13/h1-4,7H,5-6,8H2,(H,15,18)(H,19,20). The zero-order valence-electron chi connectivity index (χ0n) is 10.7. The van der Waals surface area contributed by atoms with Gasteiger partial charge in [-0.25, -0.2) is 9.78 Å². The van der Waals surface area contributed by atoms with Gasteiger partial charge in [-0.3, -0.25) is 4.79 Å². The van der Waals surface area contributed by atoms with E-state index in [1.54, 1.807) is 11.0 Å². The lowest BCUT2D eigenvalue weighted by molar-refractivity contribution is -0.120. The minimum absolute atomic E-state index is 0.123. The van der Waals surface area contributed by atoms with Crippen LogP contribution in [-0.4, -0.2) is 41.6 Å². The fourth-order valence-electron chi connectivity index (χ4n) is 2.32. The lowest BCUT2D eigenvalue weighted by atomic mass is 10.1. The highest BCUT2D eigenvalue weighted by atomic mass is 16.4. The highest BCUT2D eigenvalue weighted by Gasteiger charge is 2.23. The van der Waals surface area contributed by atoms with E-state index in [0.29, 0.717) is 18.9 Å². The fraction of sp³-hybridized carbons (Fsp3) is 0.214. The molecule has 20 heavy (non-hydrogen) atoms. The lowest BCUT2D eigenvalue weighted by Gasteiger charge is -2.28. The van der Waals surface area contributed by atoms with Crippen molar-refractivity contribution < 1.29 is 14.7 Å². The number of para-hydroxylation sites is 1. The molecule has 0 unspecified atom stereocenters. The smallest absolute Gasteiger partial charge is 0.339 e. The molecule has 2 heterocycles. The van der Waals surface area contributed by atoms with Crippen molar-refractivity contribution in [1.82, 2.24) is 10.3 Å². The summed E-state index contributed by atoms with van der Waals surface area (Å²) in [7, 11) is 0. The van der Waals surface area contributed by atoms with Crippen LogP contribution in [0.5, 0.6) is 0 Å². The van der Waals surface area contributed by atoms with Crippen LogP contribution in [0, 0.1) is 0 Å². The number of carboxylic acids is 1. The average molecular weight is 271 g/mol. The topological polar surface area (TPSA) is 82.5 Å². The molecule has 1 saturated heterocycles. The molecule has 3 rings (SSSR count). The van der Waals surface area contributed by atoms with Crippen molar-refractivity contribution in [1.29, 1.82) is 0 Å². The minimum atomic E-state index is -1.04. The third-order valence-electron chi connectivity index (χ3n) is 3.27. The van der Waals surface area contributed by atoms with Crippen LogP contribution in [0.3, 0.4) is 0 Å². The third-order valence-corrected chi connectivity index (χ3v) is 3.27. The fourth-order valence-corrected chi connectivity index (χ4v) is 2.32. The lowest BCUT2D eigenvalue weighted by Crippen LogP contribution is -2.48. The maximum atomic E-state index is 11.5. The number of benzene rings is 1. The number of amides is 1. The summed E-state index contributed by atoms with van der Waals surface area (Å²) in [6.07, 6.45) is 0. The molecule has 1 fully saturated rings. The van der Waals surface area contributed by atoms with Crippen LogP contribution >= 0.6 is 0 Å². The Morgan fingerprint density at radius 1 is 1.35 bits per heavy atom. The second kappa shape index (κ2) is 4.80. The number of carbonyl (C=O) groups is 2. The Morgan fingerprint density at radius 2 is 2.15 bits per heavy atom. The van der Waals surface area contributed by atoms with Crippen LogP contribution in [0.15, 0.2) is 30.3 Å². The van der Waals surface area contributed by atoms with Crippen LogP contribution in [0.1, 0.15) is 10.4 Å². The molecular formula is C14H13N3O3. The minimum Gasteiger partial charge on any atom is -0.478 e. The third kappa shape index (κ3) is 2.16. The van der Waals surface area contributed by atoms with Gasteiger partial charge in [-0.2, -0.15) is 0 Å². The van der Waals surface area contributed by atoms with Gasteiger partial charge in [0, 0.05) is 18.5 Å². The van der Waals surface area contributed by atoms with E-state index in [-0.39, 0.29) is 18.0 Å². The molecule has 1 aliphatic rings. The SMILES string of the molecule is O=C1CN(c2nc3ccccc3cc2C(=O)O)CCN1. The number of nitrogens with one attached hydrogen (secondary N) is 1. The van der Waals surface area contributed by atoms with Crippen LogP contribution in [0.25, 0.3) is 10.9 Å². The van der Waals surface area contributed by atoms with Crippen molar-refractivity contribution in [2.24, 2.45) is 0 Å². The Labute approximate surface area is 115 Å². The first-order valence-corrected chi connectivity index (χ1v) is 6.30. The molecule has 0 bridgehead atoms. The number of hydrogen-bond donors (Lipinski definition) is 2. The van der Waals surface area contributed by atoms with Crippen molar-refractivity contribution >= 4 is 28.6 Å². The van der Waals surface area contributed by atoms with E-state index in [0.717, 1.165) is 10.9 Å². The zero-order chi connectivity index (χ0) is 14.1. The largest absolute Gasteiger partial charge is 0.478 e. The van der Waals surface area contributed by atoms with Crippen LogP contribution in [-0.2, 0) is 4.79 Å². The molecule has 6 heteroatoms. The van der Waals surface area contributed by atoms with E-state index in [1.807, 2.05) is 24.3 Å². The molecule has 2 N–H and O–H groups in total. The average Bonchev–Trinajstić information content (AvgIpc) is 2.46. The van der Waals surface area contributed by atoms with Gasteiger partial charge >= 0.3 is 5.97 Å². The van der Waals surface area contributed by atoms with Gasteiger partial charge in [0.05, 0.1) is 12.1 Å². The van der Waals surface area contributed by atoms with Crippen LogP contribution in [0.2, 0.25) is 0 Å². The number of anilines is 1. The predicted octanol–water partition coefficient (Wildman–Crippen LogP) is 0.869. The Morgan fingerprint density at radius 3 is 2.90 bits per heavy atom. The first-order chi connectivity index (χ1) is 9.65. The highest BCUT2D eigenvalue weighted by Crippen LogP contribution is 2.24. The quantitative estimate of drug-likeness (QED) is 0.847. The predicted molar refractivity (Wildman–Crippen MR) is 73.9 cm³/mol. The molecule has 0 radical (unpaired) electrons. The highest BCUT2D eigenvalue weighted by molar-refractivity contribution is 5.99. The number of carbonyl (C=O) groups excluding carboxylic acids is 1. The van der Waals surface area contributed by atoms with Gasteiger partial charge in [0.2, 0.25) is 5.91 Å². The van der Waals surface area contributed by atoms with Gasteiger partial charge in [-0.05, 0) is 12.1 Å². The van der Waals surface area contributed by atoms with Crippen molar-refractivity contribution in [3.8, 4) is 0 Å². The molecule has 6 nitrogen and oxygen atoms in total. The Hall–Kier alpha value is -2.63. The van der Waals surface area contributed by atoms with E-state index >= 15 is 0 Å². The van der Waals surface area contributed by atoms with Crippen molar-refractivity contribution in [3.05, 3.63) is 35.9 Å². The molecule has 1 amide bonds. The molecule has 2 aromatic rings. The molecule has 1 aliphatic heterocycles. The normalized spacial score (nSPS) is 15.2. The summed E-state index contributed by atoms with van der Waals surface area (Å²) >= 11 is 0. The Balaban J connectivity index is 2.14. The molecule has 102 valence electrons. The number of nitrogens with zero attached hydrogens (tertiary/aromatic N) is 2. The van der Waals surface area contributed by atoms with Gasteiger partial charge in [-0.1, -0.05) is 18.2 Å². The second-order valence-corrected chi connectivity index (χ2v) is 4.63. The van der Waals surface area contributed by atoms with E-state index < -0.39 is 5.97 Å². The second-order valence-electron chi connectivity index (χ2n) is 4.63. The summed E-state index contributed by atoms with van der Waals surface area (Å²) in [5.74, 6) is -0.808. The maximum Gasteiger partial charge on any atom is 0.339 e. The van der Waals surface area contributed by atoms with E-state index in [4.69, 9.17) is 0 Å². The number of aromatic nitrogens is 1. The van der Waals surface area contributed by atoms with Crippen LogP contribution < -0.4 is 10.2 Å². The Kier molecular flexibility index (Phi) is 2.98. The van der Waals surface area contributed by atoms with Gasteiger partial charge in [0.1, 0.15) is 11.4 Å². The molecular weight excluding hydrogens is 258 g/mol. The summed E-state index contributed by atoms with van der Waals surface area (Å²) in [6, 6.07) is 8.94. The first kappa shape index (κ1) is 12.4. The number of piperazine rings is 1. The maximum absolute atomic E-state index is 11.5. The van der Waals surface area contributed by atoms with Gasteiger partial charge in [0.25, 0.3) is 0 Å². The van der Waals surface area contributed by atoms with Crippen molar-refractivity contribution in [2.75, 3.05) is 24.5 Å². The first-order valence-electron chi connectivity index (χ1n) is 6.30. The molecule has 1 aromatic carbocycles. The van der Waals surface area contributed by atoms with E-state index in [9.17, 15) is 14.7 Å². The molecule has 0 saturated carbocycles. The molecule has 0 spiro atoms. The molecule has 0 atom stereocenters. The summed E-state index contributed by atoms with van der Waals surface area (Å²) in [6.45, 7) is 1.18. The number of hydrogen-bond acceptors (Lipinski definition) is 4. The Bertz CT molecular complexity index is 699. The molecule has 1 aromatic heterocycles. The number of carboxylic acid groups (broad SMARTS) is 1. The van der Waals surface area contributed by atoms with Crippen molar-refractivity contribution in [3.63, 3.8) is 0 Å². The number of pyridine rings is 1. The molecule has 0 aliphatic carbocycles. The summed E-state index contributed by atoms with van der Waals surface area (Å²) in [4.78, 5) is 29.0. The van der Waals surface area contributed by atoms with E-state index in [1.165, 1.54) is 0 Å². The number of aromatic carboxylic acids is 1. The van der Waals surface area contributed by atoms with Crippen molar-refractivity contribution in [2.45, 2.75) is 0 Å². The zero-order valence-corrected chi connectivity index (χ0v) is 10.7. The summed E-state index contributed by atoms with van der Waals surface area (Å²) in [5, 5.41) is 12.8. The van der Waals surface area contributed by atoms with Gasteiger partial charge in [0.15, 0.2) is 0 Å². The van der Waals surface area contributed by atoms with Crippen LogP contribution in [0.4, 0.5) is 5.82 Å². The number of rotatable bonds is 2. The summed E-state index contributed by atoms with van der Waals surface area (Å²) < 4.78 is 0. The van der Waals surface area contributed by atoms with Gasteiger partial charge < -0.3 is 15.3 Å².